The van der Waals surface area contributed by atoms with E-state index in [0.717, 1.165) is 11.1 Å². The minimum absolute atomic E-state index is 0.340. The Morgan fingerprint density at radius 1 is 1.07 bits per heavy atom. The number of fused-ring (bicyclic) bond motifs is 1. The van der Waals surface area contributed by atoms with Crippen LogP contribution in [0, 0.1) is 17.1 Å². The number of hydrogen-bond donors (Lipinski definition) is 1. The van der Waals surface area contributed by atoms with E-state index < -0.39 is 0 Å². The number of aromatic amines is 1. The summed E-state index contributed by atoms with van der Waals surface area (Å²) in [5, 5.41) is 9.63. The van der Waals surface area contributed by atoms with Gasteiger partial charge in [-0.1, -0.05) is 48.5 Å². The van der Waals surface area contributed by atoms with Gasteiger partial charge in [0.25, 0.3) is 0 Å². The van der Waals surface area contributed by atoms with Gasteiger partial charge < -0.3 is 9.72 Å². The molecule has 0 bridgehead atoms. The number of allylic oxidation sites excluding steroid dienone is 1. The van der Waals surface area contributed by atoms with Crippen molar-refractivity contribution in [3.63, 3.8) is 0 Å². The second-order valence-corrected chi connectivity index (χ2v) is 6.23. The summed E-state index contributed by atoms with van der Waals surface area (Å²) in [6.07, 6.45) is 1.72. The van der Waals surface area contributed by atoms with Gasteiger partial charge in [-0.3, -0.25) is 0 Å². The van der Waals surface area contributed by atoms with Crippen molar-refractivity contribution in [3.05, 3.63) is 95.6 Å². The van der Waals surface area contributed by atoms with Crippen LogP contribution in [0.5, 0.6) is 5.75 Å². The maximum absolute atomic E-state index is 13.4. The van der Waals surface area contributed by atoms with Crippen molar-refractivity contribution in [3.8, 4) is 11.8 Å². The number of H-pyrrole nitrogens is 1. The van der Waals surface area contributed by atoms with Crippen LogP contribution in [0.25, 0.3) is 22.7 Å². The predicted octanol–water partition coefficient (Wildman–Crippen LogP) is 5.35. The number of nitrogens with zero attached hydrogens (tertiary/aromatic N) is 2. The van der Waals surface area contributed by atoms with Crippen LogP contribution in [0.2, 0.25) is 0 Å². The van der Waals surface area contributed by atoms with Crippen molar-refractivity contribution >= 4 is 22.7 Å². The van der Waals surface area contributed by atoms with E-state index >= 15 is 0 Å². The highest BCUT2D eigenvalue weighted by Crippen LogP contribution is 2.25. The van der Waals surface area contributed by atoms with E-state index in [0.29, 0.717) is 34.8 Å². The summed E-state index contributed by atoms with van der Waals surface area (Å²) in [5.41, 5.74) is 3.31. The number of halogens is 1. The molecule has 4 nitrogen and oxygen atoms in total. The Morgan fingerprint density at radius 2 is 1.86 bits per heavy atom. The summed E-state index contributed by atoms with van der Waals surface area (Å²) in [7, 11) is 0. The summed E-state index contributed by atoms with van der Waals surface area (Å²) in [5.74, 6) is 0.701. The molecule has 3 aromatic carbocycles. The molecule has 0 unspecified atom stereocenters. The zero-order chi connectivity index (χ0) is 19.3. The summed E-state index contributed by atoms with van der Waals surface area (Å²) < 4.78 is 19.4. The highest BCUT2D eigenvalue weighted by molar-refractivity contribution is 5.91. The lowest BCUT2D eigenvalue weighted by Crippen LogP contribution is -1.97. The van der Waals surface area contributed by atoms with Crippen LogP contribution in [-0.4, -0.2) is 9.97 Å². The number of para-hydroxylation sites is 1. The van der Waals surface area contributed by atoms with E-state index in [9.17, 15) is 9.65 Å². The SMILES string of the molecule is N#C/C(=C/c1ccccc1OCc1ccccc1)c1nc2ccc(F)cc2[nH]1. The molecule has 28 heavy (non-hydrogen) atoms. The van der Waals surface area contributed by atoms with Gasteiger partial charge in [-0.2, -0.15) is 5.26 Å². The van der Waals surface area contributed by atoms with Crippen LogP contribution in [-0.2, 0) is 6.61 Å². The molecule has 136 valence electrons. The van der Waals surface area contributed by atoms with Gasteiger partial charge in [-0.25, -0.2) is 9.37 Å². The van der Waals surface area contributed by atoms with Crippen LogP contribution in [0.1, 0.15) is 17.0 Å². The van der Waals surface area contributed by atoms with E-state index in [-0.39, 0.29) is 5.82 Å². The van der Waals surface area contributed by atoms with Gasteiger partial charge in [0.2, 0.25) is 0 Å². The lowest BCUT2D eigenvalue weighted by Gasteiger charge is -2.09. The molecule has 1 heterocycles. The van der Waals surface area contributed by atoms with Gasteiger partial charge in [0.15, 0.2) is 0 Å². The Bertz CT molecular complexity index is 1190. The molecule has 4 rings (SSSR count). The molecule has 0 spiro atoms. The highest BCUT2D eigenvalue weighted by Gasteiger charge is 2.10. The van der Waals surface area contributed by atoms with E-state index in [1.54, 1.807) is 12.1 Å². The number of aromatic nitrogens is 2. The lowest BCUT2D eigenvalue weighted by molar-refractivity contribution is 0.305. The molecule has 1 N–H and O–H groups in total. The first kappa shape index (κ1) is 17.5. The maximum Gasteiger partial charge on any atom is 0.149 e. The van der Waals surface area contributed by atoms with Crippen molar-refractivity contribution in [1.29, 1.82) is 5.26 Å². The lowest BCUT2D eigenvalue weighted by atomic mass is 10.1. The average Bonchev–Trinajstić information content (AvgIpc) is 3.15. The van der Waals surface area contributed by atoms with Crippen molar-refractivity contribution in [2.45, 2.75) is 6.61 Å². The third-order valence-corrected chi connectivity index (χ3v) is 4.28. The third kappa shape index (κ3) is 3.76. The molecule has 0 saturated carbocycles. The second kappa shape index (κ2) is 7.77. The maximum atomic E-state index is 13.4. The molecule has 0 atom stereocenters. The zero-order valence-corrected chi connectivity index (χ0v) is 14.9. The smallest absolute Gasteiger partial charge is 0.149 e. The van der Waals surface area contributed by atoms with Gasteiger partial charge in [0.05, 0.1) is 16.6 Å². The Labute approximate surface area is 161 Å². The molecule has 1 aromatic heterocycles. The first-order valence-corrected chi connectivity index (χ1v) is 8.76. The van der Waals surface area contributed by atoms with Crippen molar-refractivity contribution in [2.24, 2.45) is 0 Å². The van der Waals surface area contributed by atoms with Gasteiger partial charge in [-0.15, -0.1) is 0 Å². The molecule has 0 aliphatic heterocycles. The monoisotopic (exact) mass is 369 g/mol. The molecule has 5 heteroatoms. The molecular weight excluding hydrogens is 353 g/mol. The first-order chi connectivity index (χ1) is 13.7. The number of benzene rings is 3. The van der Waals surface area contributed by atoms with Crippen LogP contribution in [0.15, 0.2) is 72.8 Å². The van der Waals surface area contributed by atoms with Crippen LogP contribution >= 0.6 is 0 Å². The van der Waals surface area contributed by atoms with Gasteiger partial charge in [0.1, 0.15) is 30.1 Å². The molecule has 0 amide bonds. The molecule has 4 aromatic rings. The number of rotatable bonds is 5. The van der Waals surface area contributed by atoms with Gasteiger partial charge in [-0.05, 0) is 35.9 Å². The van der Waals surface area contributed by atoms with E-state index in [1.807, 2.05) is 54.6 Å². The minimum Gasteiger partial charge on any atom is -0.488 e. The summed E-state index contributed by atoms with van der Waals surface area (Å²) in [4.78, 5) is 7.39. The summed E-state index contributed by atoms with van der Waals surface area (Å²) in [6, 6.07) is 23.8. The standard InChI is InChI=1S/C23H16FN3O/c24-19-10-11-20-21(13-19)27-23(26-20)18(14-25)12-17-8-4-5-9-22(17)28-15-16-6-2-1-3-7-16/h1-13H,15H2,(H,26,27)/b18-12-. The summed E-state index contributed by atoms with van der Waals surface area (Å²) >= 11 is 0. The molecule has 0 aliphatic carbocycles. The van der Waals surface area contributed by atoms with Gasteiger partial charge in [0, 0.05) is 5.56 Å². The largest absolute Gasteiger partial charge is 0.488 e. The number of imidazole rings is 1. The number of hydrogen-bond acceptors (Lipinski definition) is 3. The van der Waals surface area contributed by atoms with Crippen molar-refractivity contribution in [1.82, 2.24) is 9.97 Å². The number of ether oxygens (including phenoxy) is 1. The molecule has 0 saturated heterocycles. The van der Waals surface area contributed by atoms with Crippen LogP contribution < -0.4 is 4.74 Å². The van der Waals surface area contributed by atoms with Gasteiger partial charge >= 0.3 is 0 Å². The Balaban J connectivity index is 1.65. The topological polar surface area (TPSA) is 61.7 Å². The summed E-state index contributed by atoms with van der Waals surface area (Å²) in [6.45, 7) is 0.428. The molecule has 0 fully saturated rings. The Morgan fingerprint density at radius 3 is 2.68 bits per heavy atom. The number of nitrogens with one attached hydrogen (secondary N) is 1. The molecule has 0 aliphatic rings. The fourth-order valence-corrected chi connectivity index (χ4v) is 2.89. The number of nitriles is 1. The van der Waals surface area contributed by atoms with Crippen molar-refractivity contribution in [2.75, 3.05) is 0 Å². The van der Waals surface area contributed by atoms with E-state index in [1.165, 1.54) is 12.1 Å². The van der Waals surface area contributed by atoms with Crippen LogP contribution in [0.3, 0.4) is 0 Å². The Kier molecular flexibility index (Phi) is 4.85. The minimum atomic E-state index is -0.357. The first-order valence-electron chi connectivity index (χ1n) is 8.76. The quantitative estimate of drug-likeness (QED) is 0.483. The molecule has 0 radical (unpaired) electrons. The Hall–Kier alpha value is -3.91. The highest BCUT2D eigenvalue weighted by atomic mass is 19.1. The zero-order valence-electron chi connectivity index (χ0n) is 14.9. The van der Waals surface area contributed by atoms with E-state index in [4.69, 9.17) is 4.74 Å². The average molecular weight is 369 g/mol. The second-order valence-electron chi connectivity index (χ2n) is 6.23. The fraction of sp³-hybridized carbons (Fsp3) is 0.0435. The fourth-order valence-electron chi connectivity index (χ4n) is 2.89. The third-order valence-electron chi connectivity index (χ3n) is 4.28. The van der Waals surface area contributed by atoms with E-state index in [2.05, 4.69) is 16.0 Å². The normalized spacial score (nSPS) is 11.4. The van der Waals surface area contributed by atoms with Crippen LogP contribution in [0.4, 0.5) is 4.39 Å². The van der Waals surface area contributed by atoms with Crippen molar-refractivity contribution < 1.29 is 9.13 Å². The predicted molar refractivity (Wildman–Crippen MR) is 107 cm³/mol. The molecular formula is C23H16FN3O.